The van der Waals surface area contributed by atoms with Crippen molar-refractivity contribution in [2.24, 2.45) is 0 Å². The van der Waals surface area contributed by atoms with Crippen molar-refractivity contribution in [1.82, 2.24) is 10.6 Å². The van der Waals surface area contributed by atoms with Gasteiger partial charge in [0.25, 0.3) is 11.8 Å². The number of benzene rings is 2. The van der Waals surface area contributed by atoms with Crippen LogP contribution in [0.5, 0.6) is 11.5 Å². The van der Waals surface area contributed by atoms with Crippen LogP contribution in [0.1, 0.15) is 6.92 Å². The molecule has 0 spiro atoms. The molecule has 0 heterocycles. The van der Waals surface area contributed by atoms with Gasteiger partial charge in [0.15, 0.2) is 13.2 Å². The van der Waals surface area contributed by atoms with E-state index in [9.17, 15) is 9.59 Å². The molecule has 0 radical (unpaired) electrons. The molecule has 2 N–H and O–H groups in total. The van der Waals surface area contributed by atoms with E-state index in [-0.39, 0.29) is 37.6 Å². The first kappa shape index (κ1) is 23.4. The molecule has 0 saturated carbocycles. The van der Waals surface area contributed by atoms with E-state index in [2.05, 4.69) is 10.6 Å². The second kappa shape index (κ2) is 11.4. The van der Waals surface area contributed by atoms with Crippen LogP contribution in [0.4, 0.5) is 0 Å². The predicted octanol–water partition coefficient (Wildman–Crippen LogP) is 4.38. The Morgan fingerprint density at radius 2 is 1.34 bits per heavy atom. The van der Waals surface area contributed by atoms with Gasteiger partial charge in [-0.2, -0.15) is 0 Å². The minimum atomic E-state index is -0.360. The van der Waals surface area contributed by atoms with Crippen molar-refractivity contribution < 1.29 is 19.1 Å². The number of amides is 2. The molecule has 0 bridgehead atoms. The molecule has 0 saturated heterocycles. The molecule has 0 aliphatic rings. The molecule has 0 aromatic heterocycles. The highest BCUT2D eigenvalue weighted by Gasteiger charge is 2.12. The SMILES string of the molecule is C[C@H](CNC(=O)COc1ccc(Cl)cc1Cl)NC(=O)COc1ccc(Cl)cc1Cl. The zero-order chi connectivity index (χ0) is 21.4. The topological polar surface area (TPSA) is 76.7 Å². The van der Waals surface area contributed by atoms with Crippen molar-refractivity contribution >= 4 is 58.2 Å². The molecule has 2 aromatic rings. The fraction of sp³-hybridized carbons (Fsp3) is 0.263. The minimum absolute atomic E-state index is 0.212. The van der Waals surface area contributed by atoms with Crippen LogP contribution in [0.2, 0.25) is 20.1 Å². The Kier molecular flexibility index (Phi) is 9.17. The molecule has 10 heteroatoms. The van der Waals surface area contributed by atoms with E-state index in [4.69, 9.17) is 55.9 Å². The highest BCUT2D eigenvalue weighted by atomic mass is 35.5. The van der Waals surface area contributed by atoms with Crippen molar-refractivity contribution in [3.05, 3.63) is 56.5 Å². The summed E-state index contributed by atoms with van der Waals surface area (Å²) in [6.45, 7) is 1.51. The Morgan fingerprint density at radius 1 is 0.862 bits per heavy atom. The molecule has 156 valence electrons. The monoisotopic (exact) mass is 478 g/mol. The zero-order valence-electron chi connectivity index (χ0n) is 15.3. The first-order valence-electron chi connectivity index (χ1n) is 8.46. The molecule has 0 fully saturated rings. The smallest absolute Gasteiger partial charge is 0.258 e. The Bertz CT molecular complexity index is 879. The highest BCUT2D eigenvalue weighted by Crippen LogP contribution is 2.28. The number of halogens is 4. The number of nitrogens with one attached hydrogen (secondary N) is 2. The largest absolute Gasteiger partial charge is 0.482 e. The van der Waals surface area contributed by atoms with Gasteiger partial charge < -0.3 is 20.1 Å². The first-order valence-corrected chi connectivity index (χ1v) is 9.97. The Hall–Kier alpha value is -1.86. The summed E-state index contributed by atoms with van der Waals surface area (Å²) in [5.41, 5.74) is 0. The van der Waals surface area contributed by atoms with Gasteiger partial charge in [0.05, 0.1) is 10.0 Å². The van der Waals surface area contributed by atoms with E-state index in [0.717, 1.165) is 0 Å². The van der Waals surface area contributed by atoms with Crippen molar-refractivity contribution in [3.63, 3.8) is 0 Å². The van der Waals surface area contributed by atoms with Crippen LogP contribution in [-0.2, 0) is 9.59 Å². The van der Waals surface area contributed by atoms with Gasteiger partial charge in [-0.05, 0) is 43.3 Å². The molecule has 0 aliphatic heterocycles. The molecule has 1 atom stereocenters. The quantitative estimate of drug-likeness (QED) is 0.559. The number of carbonyl (C=O) groups is 2. The van der Waals surface area contributed by atoms with Gasteiger partial charge in [-0.1, -0.05) is 46.4 Å². The number of hydrogen-bond acceptors (Lipinski definition) is 4. The molecule has 6 nitrogen and oxygen atoms in total. The molecule has 0 unspecified atom stereocenters. The van der Waals surface area contributed by atoms with Crippen LogP contribution in [0.15, 0.2) is 36.4 Å². The van der Waals surface area contributed by atoms with Crippen molar-refractivity contribution in [2.75, 3.05) is 19.8 Å². The second-order valence-corrected chi connectivity index (χ2v) is 7.69. The number of ether oxygens (including phenoxy) is 2. The molecule has 0 aliphatic carbocycles. The standard InChI is InChI=1S/C19H18Cl4N2O4/c1-11(25-19(27)10-29-17-5-3-13(21)7-15(17)23)8-24-18(26)9-28-16-4-2-12(20)6-14(16)22/h2-7,11H,8-10H2,1H3,(H,24,26)(H,25,27)/t11-/m1/s1. The fourth-order valence-corrected chi connectivity index (χ4v) is 3.08. The van der Waals surface area contributed by atoms with Crippen LogP contribution in [0.25, 0.3) is 0 Å². The molecule has 2 aromatic carbocycles. The summed E-state index contributed by atoms with van der Waals surface area (Å²) in [6.07, 6.45) is 0. The van der Waals surface area contributed by atoms with Crippen LogP contribution < -0.4 is 20.1 Å². The van der Waals surface area contributed by atoms with Gasteiger partial charge in [0, 0.05) is 22.6 Å². The summed E-state index contributed by atoms with van der Waals surface area (Å²) in [6, 6.07) is 9.09. The van der Waals surface area contributed by atoms with Crippen LogP contribution in [-0.4, -0.2) is 37.6 Å². The third-order valence-corrected chi connectivity index (χ3v) is 4.58. The Morgan fingerprint density at radius 3 is 1.83 bits per heavy atom. The summed E-state index contributed by atoms with van der Waals surface area (Å²) in [4.78, 5) is 23.8. The van der Waals surface area contributed by atoms with Gasteiger partial charge >= 0.3 is 0 Å². The van der Waals surface area contributed by atoms with E-state index in [1.807, 2.05) is 0 Å². The summed E-state index contributed by atoms with van der Waals surface area (Å²) in [5, 5.41) is 6.92. The summed E-state index contributed by atoms with van der Waals surface area (Å²) in [5.74, 6) is -0.0148. The molecular formula is C19H18Cl4N2O4. The third kappa shape index (κ3) is 8.19. The van der Waals surface area contributed by atoms with Gasteiger partial charge in [-0.3, -0.25) is 9.59 Å². The van der Waals surface area contributed by atoms with Gasteiger partial charge in [0.1, 0.15) is 11.5 Å². The molecular weight excluding hydrogens is 462 g/mol. The molecule has 29 heavy (non-hydrogen) atoms. The average Bonchev–Trinajstić information content (AvgIpc) is 2.65. The van der Waals surface area contributed by atoms with E-state index >= 15 is 0 Å². The number of rotatable bonds is 9. The zero-order valence-corrected chi connectivity index (χ0v) is 18.3. The lowest BCUT2D eigenvalue weighted by molar-refractivity contribution is -0.125. The maximum Gasteiger partial charge on any atom is 0.258 e. The Balaban J connectivity index is 1.68. The van der Waals surface area contributed by atoms with Crippen molar-refractivity contribution in [2.45, 2.75) is 13.0 Å². The van der Waals surface area contributed by atoms with E-state index in [1.54, 1.807) is 31.2 Å². The van der Waals surface area contributed by atoms with Crippen molar-refractivity contribution in [3.8, 4) is 11.5 Å². The first-order chi connectivity index (χ1) is 13.7. The minimum Gasteiger partial charge on any atom is -0.482 e. The van der Waals surface area contributed by atoms with E-state index < -0.39 is 0 Å². The number of hydrogen-bond donors (Lipinski definition) is 2. The summed E-state index contributed by atoms with van der Waals surface area (Å²) < 4.78 is 10.7. The lowest BCUT2D eigenvalue weighted by atomic mass is 10.3. The molecule has 2 rings (SSSR count). The maximum absolute atomic E-state index is 12.0. The second-order valence-electron chi connectivity index (χ2n) is 6.00. The highest BCUT2D eigenvalue weighted by molar-refractivity contribution is 6.36. The number of carbonyl (C=O) groups excluding carboxylic acids is 2. The summed E-state index contributed by atoms with van der Waals surface area (Å²) in [7, 11) is 0. The fourth-order valence-electron chi connectivity index (χ4n) is 2.16. The normalized spacial score (nSPS) is 11.5. The molecule has 2 amide bonds. The van der Waals surface area contributed by atoms with Crippen LogP contribution in [0.3, 0.4) is 0 Å². The van der Waals surface area contributed by atoms with E-state index in [1.165, 1.54) is 12.1 Å². The lowest BCUT2D eigenvalue weighted by Gasteiger charge is -2.16. The lowest BCUT2D eigenvalue weighted by Crippen LogP contribution is -2.44. The van der Waals surface area contributed by atoms with Crippen molar-refractivity contribution in [1.29, 1.82) is 0 Å². The maximum atomic E-state index is 12.0. The van der Waals surface area contributed by atoms with Gasteiger partial charge in [0.2, 0.25) is 0 Å². The van der Waals surface area contributed by atoms with Crippen LogP contribution >= 0.6 is 46.4 Å². The summed E-state index contributed by atoms with van der Waals surface area (Å²) >= 11 is 23.6. The van der Waals surface area contributed by atoms with Gasteiger partial charge in [-0.15, -0.1) is 0 Å². The third-order valence-electron chi connectivity index (χ3n) is 3.52. The van der Waals surface area contributed by atoms with E-state index in [0.29, 0.717) is 31.6 Å². The Labute approximate surface area is 188 Å². The predicted molar refractivity (Wildman–Crippen MR) is 115 cm³/mol. The van der Waals surface area contributed by atoms with Crippen LogP contribution in [0, 0.1) is 0 Å². The average molecular weight is 480 g/mol. The van der Waals surface area contributed by atoms with Gasteiger partial charge in [-0.25, -0.2) is 0 Å².